The molecule has 0 amide bonds. The van der Waals surface area contributed by atoms with Gasteiger partial charge in [0, 0.05) is 31.9 Å². The van der Waals surface area contributed by atoms with Gasteiger partial charge in [0.25, 0.3) is 0 Å². The Kier molecular flexibility index (Phi) is 9.29. The van der Waals surface area contributed by atoms with Crippen LogP contribution in [0.15, 0.2) is 58.3 Å². The summed E-state index contributed by atoms with van der Waals surface area (Å²) >= 11 is 0. The number of pyridine rings is 1. The molecule has 11 heteroatoms. The average Bonchev–Trinajstić information content (AvgIpc) is 3.22. The number of rotatable bonds is 7. The lowest BCUT2D eigenvalue weighted by Crippen LogP contribution is -2.39. The third-order valence-corrected chi connectivity index (χ3v) is 4.33. The second-order valence-corrected chi connectivity index (χ2v) is 6.69. The molecule has 0 fully saturated rings. The topological polar surface area (TPSA) is 87.4 Å². The lowest BCUT2D eigenvalue weighted by molar-refractivity contribution is -0.137. The van der Waals surface area contributed by atoms with Crippen LogP contribution in [0, 0.1) is 6.92 Å². The number of hydrogen-bond acceptors (Lipinski definition) is 5. The van der Waals surface area contributed by atoms with E-state index in [1.165, 1.54) is 12.3 Å². The van der Waals surface area contributed by atoms with Crippen molar-refractivity contribution >= 4 is 35.8 Å². The van der Waals surface area contributed by atoms with Crippen molar-refractivity contribution in [3.8, 4) is 11.5 Å². The van der Waals surface area contributed by atoms with E-state index >= 15 is 0 Å². The molecule has 0 saturated carbocycles. The molecule has 172 valence electrons. The van der Waals surface area contributed by atoms with Gasteiger partial charge in [-0.1, -0.05) is 17.7 Å². The zero-order valence-electron chi connectivity index (χ0n) is 17.5. The molecule has 32 heavy (non-hydrogen) atoms. The number of halogens is 4. The van der Waals surface area contributed by atoms with Crippen molar-refractivity contribution in [2.45, 2.75) is 19.6 Å². The Morgan fingerprint density at radius 3 is 2.53 bits per heavy atom. The fourth-order valence-electron chi connectivity index (χ4n) is 2.75. The fraction of sp³-hybridized carbons (Fsp3) is 0.286. The van der Waals surface area contributed by atoms with E-state index in [2.05, 4.69) is 30.9 Å². The molecule has 3 N–H and O–H groups in total. The highest BCUT2D eigenvalue weighted by Gasteiger charge is 2.33. The second kappa shape index (κ2) is 11.7. The van der Waals surface area contributed by atoms with Crippen molar-refractivity contribution in [2.75, 3.05) is 25.5 Å². The minimum Gasteiger partial charge on any atom is -0.444 e. The molecule has 0 radical (unpaired) electrons. The van der Waals surface area contributed by atoms with Gasteiger partial charge in [-0.25, -0.2) is 9.97 Å². The first-order valence-electron chi connectivity index (χ1n) is 9.59. The number of benzene rings is 1. The van der Waals surface area contributed by atoms with Crippen LogP contribution in [0.4, 0.5) is 19.0 Å². The first-order chi connectivity index (χ1) is 14.9. The van der Waals surface area contributed by atoms with Gasteiger partial charge >= 0.3 is 6.18 Å². The normalized spacial score (nSPS) is 11.6. The number of anilines is 1. The molecule has 1 aromatic carbocycles. The summed E-state index contributed by atoms with van der Waals surface area (Å²) in [5, 5.41) is 8.80. The number of aliphatic imine (C=N–C) groups is 1. The van der Waals surface area contributed by atoms with Crippen LogP contribution in [0.5, 0.6) is 0 Å². The monoisotopic (exact) mass is 560 g/mol. The van der Waals surface area contributed by atoms with Crippen molar-refractivity contribution in [3.63, 3.8) is 0 Å². The van der Waals surface area contributed by atoms with Crippen LogP contribution in [0.3, 0.4) is 0 Å². The van der Waals surface area contributed by atoms with Gasteiger partial charge in [-0.15, -0.1) is 24.0 Å². The zero-order valence-corrected chi connectivity index (χ0v) is 19.9. The van der Waals surface area contributed by atoms with E-state index in [1.54, 1.807) is 13.3 Å². The molecule has 0 bridgehead atoms. The molecule has 7 nitrogen and oxygen atoms in total. The molecule has 0 aliphatic carbocycles. The van der Waals surface area contributed by atoms with Gasteiger partial charge in [0.05, 0.1) is 17.8 Å². The van der Waals surface area contributed by atoms with Gasteiger partial charge in [0.2, 0.25) is 5.89 Å². The smallest absolute Gasteiger partial charge is 0.419 e. The Labute approximate surface area is 201 Å². The number of nitrogens with one attached hydrogen (secondary N) is 3. The zero-order chi connectivity index (χ0) is 22.3. The second-order valence-electron chi connectivity index (χ2n) is 6.69. The van der Waals surface area contributed by atoms with E-state index in [0.29, 0.717) is 30.6 Å². The Balaban J connectivity index is 0.00000363. The standard InChI is InChI=1S/C21H23F3N6O.HI/c1-14-5-7-15(8-6-14)19-30-16(13-31-19)12-29-20(25-2)28-11-10-27-18-17(21(22,23)24)4-3-9-26-18;/h3-9,13H,10-12H2,1-2H3,(H,26,27)(H2,25,28,29);1H. The van der Waals surface area contributed by atoms with Gasteiger partial charge in [0.1, 0.15) is 12.1 Å². The predicted molar refractivity (Wildman–Crippen MR) is 128 cm³/mol. The summed E-state index contributed by atoms with van der Waals surface area (Å²) in [6.07, 6.45) is -1.58. The highest BCUT2D eigenvalue weighted by molar-refractivity contribution is 14.0. The molecule has 3 rings (SSSR count). The number of alkyl halides is 3. The van der Waals surface area contributed by atoms with Crippen LogP contribution in [-0.4, -0.2) is 36.1 Å². The maximum Gasteiger partial charge on any atom is 0.419 e. The Bertz CT molecular complexity index is 1020. The summed E-state index contributed by atoms with van der Waals surface area (Å²) in [6, 6.07) is 10.1. The molecule has 0 spiro atoms. The van der Waals surface area contributed by atoms with E-state index in [1.807, 2.05) is 31.2 Å². The Morgan fingerprint density at radius 1 is 1.09 bits per heavy atom. The number of hydrogen-bond donors (Lipinski definition) is 3. The third kappa shape index (κ3) is 7.11. The highest BCUT2D eigenvalue weighted by atomic mass is 127. The maximum atomic E-state index is 13.0. The molecule has 0 saturated heterocycles. The predicted octanol–water partition coefficient (Wildman–Crippen LogP) is 4.46. The molecule has 0 unspecified atom stereocenters. The third-order valence-electron chi connectivity index (χ3n) is 4.33. The minimum absolute atomic E-state index is 0. The van der Waals surface area contributed by atoms with Crippen molar-refractivity contribution < 1.29 is 17.6 Å². The van der Waals surface area contributed by atoms with Crippen molar-refractivity contribution in [3.05, 3.63) is 65.7 Å². The van der Waals surface area contributed by atoms with Crippen LogP contribution in [-0.2, 0) is 12.7 Å². The fourth-order valence-corrected chi connectivity index (χ4v) is 2.75. The number of oxazole rings is 1. The quantitative estimate of drug-likeness (QED) is 0.171. The van der Waals surface area contributed by atoms with Crippen molar-refractivity contribution in [1.29, 1.82) is 0 Å². The molecular weight excluding hydrogens is 536 g/mol. The number of aromatic nitrogens is 2. The van der Waals surface area contributed by atoms with Crippen LogP contribution in [0.25, 0.3) is 11.5 Å². The Hall–Kier alpha value is -2.83. The van der Waals surface area contributed by atoms with Crippen LogP contribution in [0.2, 0.25) is 0 Å². The van der Waals surface area contributed by atoms with Gasteiger partial charge in [0.15, 0.2) is 5.96 Å². The number of guanidine groups is 1. The summed E-state index contributed by atoms with van der Waals surface area (Å²) in [6.45, 7) is 2.94. The van der Waals surface area contributed by atoms with Crippen LogP contribution >= 0.6 is 24.0 Å². The lowest BCUT2D eigenvalue weighted by Gasteiger charge is -2.14. The van der Waals surface area contributed by atoms with Gasteiger partial charge in [-0.3, -0.25) is 4.99 Å². The number of nitrogens with zero attached hydrogens (tertiary/aromatic N) is 3. The van der Waals surface area contributed by atoms with E-state index in [4.69, 9.17) is 4.42 Å². The van der Waals surface area contributed by atoms with Crippen molar-refractivity contribution in [1.82, 2.24) is 20.6 Å². The molecule has 2 heterocycles. The number of aryl methyl sites for hydroxylation is 1. The van der Waals surface area contributed by atoms with Gasteiger partial charge in [-0.2, -0.15) is 13.2 Å². The van der Waals surface area contributed by atoms with Crippen LogP contribution in [0.1, 0.15) is 16.8 Å². The summed E-state index contributed by atoms with van der Waals surface area (Å²) in [7, 11) is 1.60. The molecule has 3 aromatic rings. The summed E-state index contributed by atoms with van der Waals surface area (Å²) < 4.78 is 44.5. The Morgan fingerprint density at radius 2 is 1.84 bits per heavy atom. The minimum atomic E-state index is -4.46. The molecule has 0 aliphatic heterocycles. The molecular formula is C21H24F3IN6O. The molecule has 0 atom stereocenters. The highest BCUT2D eigenvalue weighted by Crippen LogP contribution is 2.33. The maximum absolute atomic E-state index is 13.0. The lowest BCUT2D eigenvalue weighted by atomic mass is 10.1. The first-order valence-corrected chi connectivity index (χ1v) is 9.59. The summed E-state index contributed by atoms with van der Waals surface area (Å²) in [5.74, 6) is 0.810. The van der Waals surface area contributed by atoms with E-state index in [9.17, 15) is 13.2 Å². The molecule has 0 aliphatic rings. The van der Waals surface area contributed by atoms with E-state index < -0.39 is 11.7 Å². The molecule has 2 aromatic heterocycles. The SMILES string of the molecule is CN=C(NCCNc1ncccc1C(F)(F)F)NCc1coc(-c2ccc(C)cc2)n1.I. The van der Waals surface area contributed by atoms with Gasteiger partial charge < -0.3 is 20.4 Å². The van der Waals surface area contributed by atoms with E-state index in [-0.39, 0.29) is 36.3 Å². The summed E-state index contributed by atoms with van der Waals surface area (Å²) in [4.78, 5) is 12.3. The van der Waals surface area contributed by atoms with E-state index in [0.717, 1.165) is 17.2 Å². The first kappa shape index (κ1) is 25.4. The van der Waals surface area contributed by atoms with Gasteiger partial charge in [-0.05, 0) is 31.2 Å². The summed E-state index contributed by atoms with van der Waals surface area (Å²) in [5.41, 5.74) is 1.94. The average molecular weight is 560 g/mol. The largest absolute Gasteiger partial charge is 0.444 e. The van der Waals surface area contributed by atoms with Crippen molar-refractivity contribution in [2.24, 2.45) is 4.99 Å². The van der Waals surface area contributed by atoms with Crippen LogP contribution < -0.4 is 16.0 Å².